The number of hydrogen-bond acceptors (Lipinski definition) is 8. The normalized spacial score (nSPS) is 13.8. The van der Waals surface area contributed by atoms with Gasteiger partial charge < -0.3 is 23.8 Å². The third kappa shape index (κ3) is 9.19. The Balaban J connectivity index is 2.34. The Morgan fingerprint density at radius 1 is 0.885 bits per heavy atom. The SMILES string of the molecule is C=CC(=O)OCCN(CCOC(=O)C=C)CCOC(=O)N1CCOCC1. The van der Waals surface area contributed by atoms with Crippen LogP contribution < -0.4 is 0 Å². The molecule has 1 amide bonds. The zero-order valence-electron chi connectivity index (χ0n) is 14.9. The van der Waals surface area contributed by atoms with Crippen LogP contribution in [0.25, 0.3) is 0 Å². The summed E-state index contributed by atoms with van der Waals surface area (Å²) in [5.41, 5.74) is 0. The van der Waals surface area contributed by atoms with Gasteiger partial charge in [-0.25, -0.2) is 14.4 Å². The Morgan fingerprint density at radius 3 is 1.81 bits per heavy atom. The lowest BCUT2D eigenvalue weighted by molar-refractivity contribution is -0.138. The Labute approximate surface area is 153 Å². The maximum absolute atomic E-state index is 11.9. The van der Waals surface area contributed by atoms with Crippen LogP contribution in [-0.2, 0) is 28.5 Å². The molecular formula is C17H26N2O7. The zero-order valence-corrected chi connectivity index (χ0v) is 14.9. The van der Waals surface area contributed by atoms with Crippen LogP contribution in [0.5, 0.6) is 0 Å². The van der Waals surface area contributed by atoms with E-state index in [-0.39, 0.29) is 25.9 Å². The van der Waals surface area contributed by atoms with E-state index in [1.807, 2.05) is 4.90 Å². The van der Waals surface area contributed by atoms with Gasteiger partial charge in [-0.15, -0.1) is 0 Å². The second-order valence-electron chi connectivity index (χ2n) is 5.30. The number of carbonyl (C=O) groups excluding carboxylic acids is 3. The van der Waals surface area contributed by atoms with Crippen LogP contribution in [0, 0.1) is 0 Å². The summed E-state index contributed by atoms with van der Waals surface area (Å²) in [4.78, 5) is 37.6. The summed E-state index contributed by atoms with van der Waals surface area (Å²) in [5, 5.41) is 0. The van der Waals surface area contributed by atoms with Crippen molar-refractivity contribution in [2.24, 2.45) is 0 Å². The minimum atomic E-state index is -0.512. The molecule has 0 aromatic rings. The molecule has 0 aromatic heterocycles. The average molecular weight is 370 g/mol. The van der Waals surface area contributed by atoms with E-state index < -0.39 is 11.9 Å². The average Bonchev–Trinajstić information content (AvgIpc) is 2.67. The Morgan fingerprint density at radius 2 is 1.35 bits per heavy atom. The molecule has 0 aliphatic carbocycles. The van der Waals surface area contributed by atoms with Gasteiger partial charge in [0.15, 0.2) is 0 Å². The van der Waals surface area contributed by atoms with Crippen molar-refractivity contribution in [3.8, 4) is 0 Å². The van der Waals surface area contributed by atoms with Crippen molar-refractivity contribution in [3.63, 3.8) is 0 Å². The van der Waals surface area contributed by atoms with Crippen LogP contribution in [0.4, 0.5) is 4.79 Å². The highest BCUT2D eigenvalue weighted by Crippen LogP contribution is 2.00. The molecule has 1 heterocycles. The van der Waals surface area contributed by atoms with Gasteiger partial charge in [-0.2, -0.15) is 0 Å². The molecule has 1 aliphatic heterocycles. The number of ether oxygens (including phenoxy) is 4. The van der Waals surface area contributed by atoms with Gasteiger partial charge in [-0.3, -0.25) is 4.90 Å². The topological polar surface area (TPSA) is 94.6 Å². The van der Waals surface area contributed by atoms with E-state index in [0.717, 1.165) is 12.2 Å². The molecule has 1 saturated heterocycles. The Kier molecular flexibility index (Phi) is 10.7. The Hall–Kier alpha value is -2.39. The molecule has 0 unspecified atom stereocenters. The third-order valence-electron chi connectivity index (χ3n) is 3.54. The highest BCUT2D eigenvalue weighted by molar-refractivity contribution is 5.81. The Bertz CT molecular complexity index is 464. The highest BCUT2D eigenvalue weighted by atomic mass is 16.6. The van der Waals surface area contributed by atoms with Crippen LogP contribution in [-0.4, -0.2) is 93.6 Å². The lowest BCUT2D eigenvalue weighted by Gasteiger charge is -2.27. The van der Waals surface area contributed by atoms with Crippen LogP contribution in [0.2, 0.25) is 0 Å². The van der Waals surface area contributed by atoms with Crippen LogP contribution >= 0.6 is 0 Å². The summed E-state index contributed by atoms with van der Waals surface area (Å²) >= 11 is 0. The molecule has 9 nitrogen and oxygen atoms in total. The van der Waals surface area contributed by atoms with E-state index in [1.165, 1.54) is 0 Å². The molecule has 9 heteroatoms. The lowest BCUT2D eigenvalue weighted by atomic mass is 10.4. The largest absolute Gasteiger partial charge is 0.461 e. The van der Waals surface area contributed by atoms with Crippen molar-refractivity contribution in [1.29, 1.82) is 0 Å². The van der Waals surface area contributed by atoms with Gasteiger partial charge in [-0.1, -0.05) is 13.2 Å². The summed E-state index contributed by atoms with van der Waals surface area (Å²) in [6.45, 7) is 10.4. The molecule has 1 fully saturated rings. The highest BCUT2D eigenvalue weighted by Gasteiger charge is 2.18. The molecule has 0 saturated carbocycles. The van der Waals surface area contributed by atoms with E-state index in [0.29, 0.717) is 45.9 Å². The molecule has 26 heavy (non-hydrogen) atoms. The minimum absolute atomic E-state index is 0.150. The second-order valence-corrected chi connectivity index (χ2v) is 5.30. The van der Waals surface area contributed by atoms with Crippen molar-refractivity contribution in [3.05, 3.63) is 25.3 Å². The van der Waals surface area contributed by atoms with Crippen molar-refractivity contribution < 1.29 is 33.3 Å². The fraction of sp³-hybridized carbons (Fsp3) is 0.588. The first-order chi connectivity index (χ1) is 12.6. The van der Waals surface area contributed by atoms with E-state index in [9.17, 15) is 14.4 Å². The second kappa shape index (κ2) is 12.9. The fourth-order valence-corrected chi connectivity index (χ4v) is 2.10. The van der Waals surface area contributed by atoms with Gasteiger partial charge >= 0.3 is 18.0 Å². The van der Waals surface area contributed by atoms with Crippen LogP contribution in [0.1, 0.15) is 0 Å². The van der Waals surface area contributed by atoms with Crippen molar-refractivity contribution in [2.75, 3.05) is 65.8 Å². The predicted molar refractivity (Wildman–Crippen MR) is 92.5 cm³/mol. The number of hydrogen-bond donors (Lipinski definition) is 0. The molecule has 0 spiro atoms. The monoisotopic (exact) mass is 370 g/mol. The predicted octanol–water partition coefficient (Wildman–Crippen LogP) is 0.216. The van der Waals surface area contributed by atoms with Crippen molar-refractivity contribution >= 4 is 18.0 Å². The van der Waals surface area contributed by atoms with Gasteiger partial charge in [0.25, 0.3) is 0 Å². The quantitative estimate of drug-likeness (QED) is 0.290. The molecule has 0 atom stereocenters. The summed E-state index contributed by atoms with van der Waals surface area (Å²) in [6, 6.07) is 0. The summed E-state index contributed by atoms with van der Waals surface area (Å²) < 4.78 is 20.3. The number of esters is 2. The first kappa shape index (κ1) is 21.7. The lowest BCUT2D eigenvalue weighted by Crippen LogP contribution is -2.42. The molecule has 1 aliphatic rings. The molecule has 0 aromatic carbocycles. The minimum Gasteiger partial charge on any atom is -0.461 e. The summed E-state index contributed by atoms with van der Waals surface area (Å²) in [5.74, 6) is -1.02. The van der Waals surface area contributed by atoms with Gasteiger partial charge in [0.1, 0.15) is 19.8 Å². The molecule has 146 valence electrons. The van der Waals surface area contributed by atoms with Crippen molar-refractivity contribution in [1.82, 2.24) is 9.80 Å². The number of amides is 1. The molecule has 0 bridgehead atoms. The number of morpholine rings is 1. The van der Waals surface area contributed by atoms with Crippen molar-refractivity contribution in [2.45, 2.75) is 0 Å². The molecule has 0 N–H and O–H groups in total. The maximum atomic E-state index is 11.9. The summed E-state index contributed by atoms with van der Waals surface area (Å²) in [6.07, 6.45) is 1.78. The number of carbonyl (C=O) groups is 3. The number of nitrogens with zero attached hydrogens (tertiary/aromatic N) is 2. The van der Waals surface area contributed by atoms with Crippen LogP contribution in [0.3, 0.4) is 0 Å². The van der Waals surface area contributed by atoms with Gasteiger partial charge in [0.2, 0.25) is 0 Å². The van der Waals surface area contributed by atoms with Crippen LogP contribution in [0.15, 0.2) is 25.3 Å². The van der Waals surface area contributed by atoms with E-state index in [1.54, 1.807) is 4.90 Å². The summed E-state index contributed by atoms with van der Waals surface area (Å²) in [7, 11) is 0. The van der Waals surface area contributed by atoms with Gasteiger partial charge in [0.05, 0.1) is 13.2 Å². The molecule has 0 radical (unpaired) electrons. The third-order valence-corrected chi connectivity index (χ3v) is 3.54. The molecular weight excluding hydrogens is 344 g/mol. The zero-order chi connectivity index (χ0) is 19.2. The first-order valence-electron chi connectivity index (χ1n) is 8.37. The smallest absolute Gasteiger partial charge is 0.409 e. The van der Waals surface area contributed by atoms with E-state index >= 15 is 0 Å². The van der Waals surface area contributed by atoms with Gasteiger partial charge in [-0.05, 0) is 0 Å². The first-order valence-corrected chi connectivity index (χ1v) is 8.37. The van der Waals surface area contributed by atoms with E-state index in [2.05, 4.69) is 13.2 Å². The fourth-order valence-electron chi connectivity index (χ4n) is 2.10. The van der Waals surface area contributed by atoms with Gasteiger partial charge in [0, 0.05) is 44.9 Å². The molecule has 1 rings (SSSR count). The number of rotatable bonds is 11. The van der Waals surface area contributed by atoms with E-state index in [4.69, 9.17) is 18.9 Å². The maximum Gasteiger partial charge on any atom is 0.409 e. The standard InChI is InChI=1S/C17H26N2O7/c1-3-15(20)24-12-5-18(6-13-25-16(21)4-2)7-14-26-17(22)19-8-10-23-11-9-19/h3-4H,1-2,5-14H2.